The first-order chi connectivity index (χ1) is 10.2. The zero-order valence-electron chi connectivity index (χ0n) is 11.4. The molecule has 5 nitrogen and oxygen atoms in total. The van der Waals surface area contributed by atoms with Crippen molar-refractivity contribution in [3.63, 3.8) is 0 Å². The predicted molar refractivity (Wildman–Crippen MR) is 81.3 cm³/mol. The molecule has 0 atom stereocenters. The largest absolute Gasteiger partial charge is 0.281 e. The van der Waals surface area contributed by atoms with Crippen molar-refractivity contribution in [3.8, 4) is 11.4 Å². The lowest BCUT2D eigenvalue weighted by molar-refractivity contribution is 0.919. The first kappa shape index (κ1) is 11.8. The Morgan fingerprint density at radius 3 is 2.67 bits per heavy atom. The van der Waals surface area contributed by atoms with Crippen LogP contribution in [0.4, 0.5) is 0 Å². The highest BCUT2D eigenvalue weighted by Crippen LogP contribution is 2.16. The smallest absolute Gasteiger partial charge is 0.271 e. The second-order valence-electron chi connectivity index (χ2n) is 5.01. The monoisotopic (exact) mass is 276 g/mol. The third kappa shape index (κ3) is 1.82. The van der Waals surface area contributed by atoms with Crippen LogP contribution in [0.15, 0.2) is 53.3 Å². The quantitative estimate of drug-likeness (QED) is 0.581. The number of H-pyrrole nitrogens is 1. The number of hydrogen-bond donors (Lipinski definition) is 1. The normalized spacial score (nSPS) is 11.3. The molecule has 1 N–H and O–H groups in total. The molecule has 4 aromatic rings. The van der Waals surface area contributed by atoms with Crippen LogP contribution in [0.5, 0.6) is 0 Å². The minimum absolute atomic E-state index is 0.135. The van der Waals surface area contributed by atoms with E-state index >= 15 is 0 Å². The van der Waals surface area contributed by atoms with Gasteiger partial charge in [0.25, 0.3) is 11.3 Å². The molecule has 0 saturated carbocycles. The van der Waals surface area contributed by atoms with Crippen molar-refractivity contribution in [1.29, 1.82) is 0 Å². The van der Waals surface area contributed by atoms with Crippen molar-refractivity contribution in [3.05, 3.63) is 64.4 Å². The highest BCUT2D eigenvalue weighted by molar-refractivity contribution is 5.80. The second-order valence-corrected chi connectivity index (χ2v) is 5.01. The molecule has 0 unspecified atom stereocenters. The lowest BCUT2D eigenvalue weighted by Gasteiger charge is -1.98. The van der Waals surface area contributed by atoms with Crippen LogP contribution in [0.1, 0.15) is 5.56 Å². The summed E-state index contributed by atoms with van der Waals surface area (Å²) < 4.78 is 1.39. The first-order valence-electron chi connectivity index (χ1n) is 6.67. The number of aryl methyl sites for hydroxylation is 1. The third-order valence-corrected chi connectivity index (χ3v) is 3.48. The van der Waals surface area contributed by atoms with Crippen molar-refractivity contribution in [2.75, 3.05) is 0 Å². The zero-order chi connectivity index (χ0) is 14.4. The molecule has 2 aromatic carbocycles. The number of aromatic amines is 1. The van der Waals surface area contributed by atoms with Crippen molar-refractivity contribution in [1.82, 2.24) is 19.6 Å². The summed E-state index contributed by atoms with van der Waals surface area (Å²) in [5.41, 5.74) is 2.52. The average Bonchev–Trinajstić information content (AvgIpc) is 2.92. The van der Waals surface area contributed by atoms with E-state index in [0.29, 0.717) is 22.5 Å². The van der Waals surface area contributed by atoms with Crippen LogP contribution in [0.25, 0.3) is 28.1 Å². The molecule has 21 heavy (non-hydrogen) atoms. The predicted octanol–water partition coefficient (Wildman–Crippen LogP) is 2.55. The number of nitrogens with one attached hydrogen (secondary N) is 1. The van der Waals surface area contributed by atoms with Gasteiger partial charge < -0.3 is 0 Å². The number of nitrogens with zero attached hydrogens (tertiary/aromatic N) is 3. The first-order valence-corrected chi connectivity index (χ1v) is 6.67. The Kier molecular flexibility index (Phi) is 2.41. The summed E-state index contributed by atoms with van der Waals surface area (Å²) in [6, 6.07) is 15.3. The molecule has 5 heteroatoms. The van der Waals surface area contributed by atoms with E-state index in [1.54, 1.807) is 6.07 Å². The number of fused-ring (bicyclic) bond motifs is 2. The van der Waals surface area contributed by atoms with E-state index in [1.165, 1.54) is 4.52 Å². The molecular weight excluding hydrogens is 264 g/mol. The SMILES string of the molecule is Cc1ccc2c(=O)n3[nH]c(-c4ccccc4)nc3nc2c1. The van der Waals surface area contributed by atoms with Crippen LogP contribution in [0.3, 0.4) is 0 Å². The molecular formula is C16H12N4O. The van der Waals surface area contributed by atoms with Crippen molar-refractivity contribution in [2.24, 2.45) is 0 Å². The van der Waals surface area contributed by atoms with Gasteiger partial charge in [-0.25, -0.2) is 4.98 Å². The molecule has 0 spiro atoms. The van der Waals surface area contributed by atoms with Crippen LogP contribution in [0, 0.1) is 6.92 Å². The molecule has 2 heterocycles. The lowest BCUT2D eigenvalue weighted by Crippen LogP contribution is -2.15. The fourth-order valence-electron chi connectivity index (χ4n) is 2.42. The summed E-state index contributed by atoms with van der Waals surface area (Å²) in [6.07, 6.45) is 0. The fraction of sp³-hybridized carbons (Fsp3) is 0.0625. The van der Waals surface area contributed by atoms with Crippen LogP contribution in [0.2, 0.25) is 0 Å². The molecule has 102 valence electrons. The molecule has 4 rings (SSSR count). The Morgan fingerprint density at radius 2 is 1.86 bits per heavy atom. The molecule has 0 fully saturated rings. The van der Waals surface area contributed by atoms with Gasteiger partial charge >= 0.3 is 0 Å². The van der Waals surface area contributed by atoms with Crippen LogP contribution in [-0.4, -0.2) is 19.6 Å². The molecule has 0 amide bonds. The zero-order valence-corrected chi connectivity index (χ0v) is 11.4. The Morgan fingerprint density at radius 1 is 1.05 bits per heavy atom. The van der Waals surface area contributed by atoms with Gasteiger partial charge in [0.1, 0.15) is 0 Å². The third-order valence-electron chi connectivity index (χ3n) is 3.48. The lowest BCUT2D eigenvalue weighted by atomic mass is 10.2. The summed E-state index contributed by atoms with van der Waals surface area (Å²) in [4.78, 5) is 21.4. The summed E-state index contributed by atoms with van der Waals surface area (Å²) in [7, 11) is 0. The number of rotatable bonds is 1. The minimum atomic E-state index is -0.135. The Hall–Kier alpha value is -2.95. The van der Waals surface area contributed by atoms with Gasteiger partial charge in [-0.15, -0.1) is 0 Å². The van der Waals surface area contributed by atoms with Crippen molar-refractivity contribution < 1.29 is 0 Å². The molecule has 0 aliphatic carbocycles. The van der Waals surface area contributed by atoms with Gasteiger partial charge in [0.15, 0.2) is 5.82 Å². The maximum atomic E-state index is 12.5. The van der Waals surface area contributed by atoms with Crippen molar-refractivity contribution >= 4 is 16.7 Å². The van der Waals surface area contributed by atoms with Gasteiger partial charge in [-0.2, -0.15) is 9.50 Å². The van der Waals surface area contributed by atoms with Gasteiger partial charge in [0.2, 0.25) is 0 Å². The van der Waals surface area contributed by atoms with E-state index in [0.717, 1.165) is 11.1 Å². The summed E-state index contributed by atoms with van der Waals surface area (Å²) in [5.74, 6) is 1.02. The molecule has 0 aliphatic rings. The van der Waals surface area contributed by atoms with Crippen LogP contribution in [-0.2, 0) is 0 Å². The number of aromatic nitrogens is 4. The van der Waals surface area contributed by atoms with E-state index in [1.807, 2.05) is 49.4 Å². The van der Waals surface area contributed by atoms with E-state index < -0.39 is 0 Å². The Bertz CT molecular complexity index is 1010. The summed E-state index contributed by atoms with van der Waals surface area (Å²) in [6.45, 7) is 1.98. The molecule has 0 radical (unpaired) electrons. The highest BCUT2D eigenvalue weighted by Gasteiger charge is 2.10. The summed E-state index contributed by atoms with van der Waals surface area (Å²) >= 11 is 0. The maximum absolute atomic E-state index is 12.5. The van der Waals surface area contributed by atoms with E-state index in [4.69, 9.17) is 0 Å². The summed E-state index contributed by atoms with van der Waals surface area (Å²) in [5, 5.41) is 3.60. The fourth-order valence-corrected chi connectivity index (χ4v) is 2.42. The molecule has 2 aromatic heterocycles. The molecule has 0 aliphatic heterocycles. The van der Waals surface area contributed by atoms with Crippen molar-refractivity contribution in [2.45, 2.75) is 6.92 Å². The topological polar surface area (TPSA) is 63.0 Å². The highest BCUT2D eigenvalue weighted by atomic mass is 16.1. The number of hydrogen-bond acceptors (Lipinski definition) is 3. The van der Waals surface area contributed by atoms with E-state index in [2.05, 4.69) is 15.1 Å². The number of benzene rings is 2. The standard InChI is InChI=1S/C16H12N4O/c1-10-7-8-12-13(9-10)17-16-18-14(19-20(16)15(12)21)11-5-3-2-4-6-11/h2-9H,1H3,(H,17,18,19). The van der Waals surface area contributed by atoms with Crippen LogP contribution >= 0.6 is 0 Å². The van der Waals surface area contributed by atoms with Gasteiger partial charge in [-0.3, -0.25) is 9.89 Å². The van der Waals surface area contributed by atoms with E-state index in [-0.39, 0.29) is 5.56 Å². The minimum Gasteiger partial charge on any atom is -0.271 e. The maximum Gasteiger partial charge on any atom is 0.281 e. The molecule has 0 saturated heterocycles. The Labute approximate surface area is 119 Å². The molecule has 0 bridgehead atoms. The van der Waals surface area contributed by atoms with Gasteiger partial charge in [-0.05, 0) is 24.6 Å². The van der Waals surface area contributed by atoms with Gasteiger partial charge in [0.05, 0.1) is 10.9 Å². The van der Waals surface area contributed by atoms with Gasteiger partial charge in [-0.1, -0.05) is 36.4 Å². The van der Waals surface area contributed by atoms with E-state index in [9.17, 15) is 4.79 Å². The second kappa shape index (κ2) is 4.28. The Balaban J connectivity index is 2.06. The van der Waals surface area contributed by atoms with Gasteiger partial charge in [0, 0.05) is 5.56 Å². The van der Waals surface area contributed by atoms with Crippen LogP contribution < -0.4 is 5.56 Å². The average molecular weight is 276 g/mol.